The molecular formula is C35H46N6O6S. The van der Waals surface area contributed by atoms with Gasteiger partial charge in [0.15, 0.2) is 5.13 Å². The molecule has 2 saturated carbocycles. The number of nitrogens with zero attached hydrogens (tertiary/aromatic N) is 3. The number of benzene rings is 1. The number of anilines is 1. The van der Waals surface area contributed by atoms with Gasteiger partial charge in [0.05, 0.1) is 24.9 Å². The van der Waals surface area contributed by atoms with Gasteiger partial charge in [-0.15, -0.1) is 11.3 Å². The molecule has 4 N–H and O–H groups in total. The Kier molecular flexibility index (Phi) is 9.18. The second-order valence-corrected chi connectivity index (χ2v) is 15.6. The highest BCUT2D eigenvalue weighted by Gasteiger charge is 2.54. The lowest BCUT2D eigenvalue weighted by Crippen LogP contribution is -2.57. The van der Waals surface area contributed by atoms with Gasteiger partial charge in [0.25, 0.3) is 0 Å². The summed E-state index contributed by atoms with van der Waals surface area (Å²) in [5.74, 6) is 2.07. The second kappa shape index (κ2) is 13.1. The summed E-state index contributed by atoms with van der Waals surface area (Å²) in [7, 11) is 1.59. The summed E-state index contributed by atoms with van der Waals surface area (Å²) in [6.45, 7) is 12.0. The highest BCUT2D eigenvalue weighted by molar-refractivity contribution is 7.14. The number of nitrogens with one attached hydrogen (secondary N) is 2. The summed E-state index contributed by atoms with van der Waals surface area (Å²) in [6, 6.07) is 5.73. The zero-order valence-electron chi connectivity index (χ0n) is 28.6. The molecule has 3 unspecified atom stereocenters. The average molecular weight is 679 g/mol. The van der Waals surface area contributed by atoms with Crippen LogP contribution in [-0.2, 0) is 14.3 Å². The average Bonchev–Trinajstić information content (AvgIpc) is 3.50. The highest BCUT2D eigenvalue weighted by atomic mass is 32.1. The minimum Gasteiger partial charge on any atom is -0.497 e. The number of fused-ring (bicyclic) bond motifs is 2. The topological polar surface area (TPSA) is 158 Å². The Morgan fingerprint density at radius 2 is 1.77 bits per heavy atom. The number of likely N-dealkylation sites (tertiary alicyclic amines) is 1. The Bertz CT molecular complexity index is 1690. The SMILES string of the molecule is COc1ccc2c(OC3C[C@@H](C(N)=O)N(C(=O)[C@@H](NC(=O)OC4C[C@@H]5C(C)[C@@H]5C4)C(C)(C)C)C3)cc(-c3csc(NC(C)C)n3)nc2c1. The molecule has 0 bridgehead atoms. The maximum atomic E-state index is 14.1. The molecule has 3 aromatic rings. The summed E-state index contributed by atoms with van der Waals surface area (Å²) in [4.78, 5) is 50.9. The van der Waals surface area contributed by atoms with Crippen LogP contribution in [0.25, 0.3) is 22.3 Å². The molecular weight excluding hydrogens is 632 g/mol. The third-order valence-corrected chi connectivity index (χ3v) is 10.6. The molecule has 3 fully saturated rings. The quantitative estimate of drug-likeness (QED) is 0.262. The first-order chi connectivity index (χ1) is 22.7. The van der Waals surface area contributed by atoms with Crippen molar-refractivity contribution in [2.45, 2.75) is 91.1 Å². The molecule has 258 valence electrons. The van der Waals surface area contributed by atoms with E-state index in [9.17, 15) is 14.4 Å². The van der Waals surface area contributed by atoms with Crippen molar-refractivity contribution >= 4 is 45.3 Å². The van der Waals surface area contributed by atoms with Crippen molar-refractivity contribution in [3.8, 4) is 22.9 Å². The van der Waals surface area contributed by atoms with Crippen LogP contribution >= 0.6 is 11.3 Å². The third-order valence-electron chi connectivity index (χ3n) is 9.80. The van der Waals surface area contributed by atoms with E-state index >= 15 is 0 Å². The Balaban J connectivity index is 1.23. The minimum absolute atomic E-state index is 0.105. The molecule has 12 nitrogen and oxygen atoms in total. The Morgan fingerprint density at radius 1 is 1.04 bits per heavy atom. The Labute approximate surface area is 285 Å². The van der Waals surface area contributed by atoms with E-state index in [-0.39, 0.29) is 25.1 Å². The summed E-state index contributed by atoms with van der Waals surface area (Å²) in [5.41, 5.74) is 7.13. The fourth-order valence-corrected chi connectivity index (χ4v) is 8.00. The van der Waals surface area contributed by atoms with Gasteiger partial charge in [-0.2, -0.15) is 0 Å². The standard InChI is InChI=1S/C35H46N6O6S/c1-17(2)37-33-39-27(16-48-33)26-14-29(22-9-8-19(45-7)12-25(22)38-26)46-21-13-28(31(36)42)41(15-21)32(43)30(35(4,5)6)40-34(44)47-20-10-23-18(3)24(23)11-20/h8-9,12,14,16-18,20-21,23-24,28,30H,10-11,13,15H2,1-7H3,(H2,36,42)(H,37,39)(H,40,44)/t18?,20?,21?,23-,24+,28-,30+/m0/s1. The lowest BCUT2D eigenvalue weighted by molar-refractivity contribution is -0.141. The minimum atomic E-state index is -0.945. The van der Waals surface area contributed by atoms with E-state index in [0.29, 0.717) is 46.2 Å². The van der Waals surface area contributed by atoms with E-state index in [1.54, 1.807) is 7.11 Å². The molecule has 13 heteroatoms. The number of hydrogen-bond donors (Lipinski definition) is 3. The molecule has 2 aliphatic carbocycles. The molecule has 0 radical (unpaired) electrons. The largest absolute Gasteiger partial charge is 0.497 e. The van der Waals surface area contributed by atoms with E-state index in [1.807, 2.05) is 64.3 Å². The van der Waals surface area contributed by atoms with Crippen molar-refractivity contribution in [3.63, 3.8) is 0 Å². The molecule has 1 saturated heterocycles. The number of carbonyl (C=O) groups excluding carboxylic acids is 3. The van der Waals surface area contributed by atoms with Crippen molar-refractivity contribution in [1.82, 2.24) is 20.2 Å². The number of hydrogen-bond acceptors (Lipinski definition) is 10. The van der Waals surface area contributed by atoms with Crippen LogP contribution in [0.1, 0.15) is 60.8 Å². The molecule has 7 atom stereocenters. The molecule has 0 spiro atoms. The van der Waals surface area contributed by atoms with Crippen molar-refractivity contribution in [3.05, 3.63) is 29.6 Å². The summed E-state index contributed by atoms with van der Waals surface area (Å²) < 4.78 is 17.8. The lowest BCUT2D eigenvalue weighted by Gasteiger charge is -2.35. The number of primary amides is 1. The van der Waals surface area contributed by atoms with Gasteiger partial charge >= 0.3 is 6.09 Å². The Morgan fingerprint density at radius 3 is 2.42 bits per heavy atom. The first kappa shape index (κ1) is 33.8. The number of thiazole rings is 1. The van der Waals surface area contributed by atoms with Gasteiger partial charge in [0, 0.05) is 35.4 Å². The Hall–Kier alpha value is -4.13. The van der Waals surface area contributed by atoms with Gasteiger partial charge in [-0.05, 0) is 62.0 Å². The van der Waals surface area contributed by atoms with Crippen molar-refractivity contribution in [2.24, 2.45) is 28.9 Å². The maximum Gasteiger partial charge on any atom is 0.408 e. The molecule has 2 aromatic heterocycles. The summed E-state index contributed by atoms with van der Waals surface area (Å²) >= 11 is 1.49. The third kappa shape index (κ3) is 7.01. The number of rotatable bonds is 10. The number of nitrogens with two attached hydrogens (primary N) is 1. The normalized spacial score (nSPS) is 25.5. The van der Waals surface area contributed by atoms with Crippen LogP contribution in [0.2, 0.25) is 0 Å². The summed E-state index contributed by atoms with van der Waals surface area (Å²) in [5, 5.41) is 9.60. The van der Waals surface area contributed by atoms with Gasteiger partial charge < -0.3 is 35.5 Å². The van der Waals surface area contributed by atoms with Crippen molar-refractivity contribution in [1.29, 1.82) is 0 Å². The molecule has 1 aliphatic heterocycles. The number of pyridine rings is 1. The number of alkyl carbamates (subject to hydrolysis) is 1. The zero-order valence-corrected chi connectivity index (χ0v) is 29.4. The van der Waals surface area contributed by atoms with E-state index < -0.39 is 41.5 Å². The predicted octanol–water partition coefficient (Wildman–Crippen LogP) is 5.21. The number of ether oxygens (including phenoxy) is 3. The van der Waals surface area contributed by atoms with Gasteiger partial charge in [0.1, 0.15) is 41.5 Å². The predicted molar refractivity (Wildman–Crippen MR) is 184 cm³/mol. The van der Waals surface area contributed by atoms with Gasteiger partial charge in [-0.1, -0.05) is 27.7 Å². The fraction of sp³-hybridized carbons (Fsp3) is 0.571. The maximum absolute atomic E-state index is 14.1. The molecule has 6 rings (SSSR count). The van der Waals surface area contributed by atoms with Crippen LogP contribution in [0.15, 0.2) is 29.6 Å². The lowest BCUT2D eigenvalue weighted by atomic mass is 9.85. The van der Waals surface area contributed by atoms with E-state index in [0.717, 1.165) is 23.4 Å². The van der Waals surface area contributed by atoms with Crippen LogP contribution in [0, 0.1) is 23.2 Å². The molecule has 1 aromatic carbocycles. The number of carbonyl (C=O) groups is 3. The van der Waals surface area contributed by atoms with Crippen LogP contribution in [-0.4, -0.2) is 76.8 Å². The van der Waals surface area contributed by atoms with Crippen LogP contribution < -0.4 is 25.8 Å². The zero-order chi connectivity index (χ0) is 34.5. The second-order valence-electron chi connectivity index (χ2n) is 14.7. The monoisotopic (exact) mass is 678 g/mol. The molecule has 3 aliphatic rings. The van der Waals surface area contributed by atoms with Crippen LogP contribution in [0.5, 0.6) is 11.5 Å². The summed E-state index contributed by atoms with van der Waals surface area (Å²) in [6.07, 6.45) is 0.597. The van der Waals surface area contributed by atoms with E-state index in [4.69, 9.17) is 29.9 Å². The van der Waals surface area contributed by atoms with E-state index in [1.165, 1.54) is 16.2 Å². The van der Waals surface area contributed by atoms with Gasteiger partial charge in [0.2, 0.25) is 11.8 Å². The fourth-order valence-electron chi connectivity index (χ4n) is 7.15. The van der Waals surface area contributed by atoms with Crippen molar-refractivity contribution < 1.29 is 28.6 Å². The number of amides is 3. The molecule has 3 amide bonds. The first-order valence-corrected chi connectivity index (χ1v) is 17.5. The first-order valence-electron chi connectivity index (χ1n) is 16.7. The number of methoxy groups -OCH3 is 1. The smallest absolute Gasteiger partial charge is 0.408 e. The molecule has 48 heavy (non-hydrogen) atoms. The van der Waals surface area contributed by atoms with Gasteiger partial charge in [-0.25, -0.2) is 14.8 Å². The van der Waals surface area contributed by atoms with Gasteiger partial charge in [-0.3, -0.25) is 9.59 Å². The molecule has 3 heterocycles. The highest BCUT2D eigenvalue weighted by Crippen LogP contribution is 2.57. The van der Waals surface area contributed by atoms with Crippen molar-refractivity contribution in [2.75, 3.05) is 19.0 Å². The van der Waals surface area contributed by atoms with Crippen LogP contribution in [0.4, 0.5) is 9.93 Å². The van der Waals surface area contributed by atoms with Crippen LogP contribution in [0.3, 0.4) is 0 Å². The number of aromatic nitrogens is 2. The van der Waals surface area contributed by atoms with E-state index in [2.05, 4.69) is 17.6 Å².